The molecule has 0 aliphatic heterocycles. The van der Waals surface area contributed by atoms with Gasteiger partial charge in [-0.1, -0.05) is 11.8 Å². The number of aromatic amines is 1. The second kappa shape index (κ2) is 4.41. The van der Waals surface area contributed by atoms with Gasteiger partial charge in [-0.2, -0.15) is 13.2 Å². The number of halogens is 4. The largest absolute Gasteiger partial charge is 0.421 e. The summed E-state index contributed by atoms with van der Waals surface area (Å²) in [5.41, 5.74) is -2.37. The lowest BCUT2D eigenvalue weighted by molar-refractivity contribution is -0.138. The molecule has 0 bridgehead atoms. The molecule has 0 aliphatic carbocycles. The third-order valence-electron chi connectivity index (χ3n) is 1.51. The Morgan fingerprint density at radius 3 is 2.67 bits per heavy atom. The van der Waals surface area contributed by atoms with Crippen LogP contribution in [0.2, 0.25) is 0 Å². The fourth-order valence-corrected chi connectivity index (χ4v) is 0.969. The molecule has 1 N–H and O–H groups in total. The number of aromatic nitrogens is 1. The Morgan fingerprint density at radius 2 is 2.13 bits per heavy atom. The smallest absolute Gasteiger partial charge is 0.327 e. The standard InChI is InChI=1S/C9H5ClF3NO/c10-3-1-2-6-4-7(9(11,12)13)8(15)14-5-6/h4-5H,3H2,(H,14,15). The number of hydrogen-bond donors (Lipinski definition) is 1. The van der Waals surface area contributed by atoms with Crippen LogP contribution in [0, 0.1) is 11.8 Å². The molecule has 1 aromatic heterocycles. The molecule has 0 unspecified atom stereocenters. The van der Waals surface area contributed by atoms with Crippen LogP contribution >= 0.6 is 11.6 Å². The van der Waals surface area contributed by atoms with E-state index in [0.717, 1.165) is 6.20 Å². The molecule has 0 aliphatic rings. The van der Waals surface area contributed by atoms with Crippen LogP contribution in [0.4, 0.5) is 13.2 Å². The summed E-state index contributed by atoms with van der Waals surface area (Å²) in [6.45, 7) is 0. The van der Waals surface area contributed by atoms with Crippen molar-refractivity contribution in [2.45, 2.75) is 6.18 Å². The summed E-state index contributed by atoms with van der Waals surface area (Å²) >= 11 is 5.24. The van der Waals surface area contributed by atoms with Crippen molar-refractivity contribution < 1.29 is 13.2 Å². The molecule has 15 heavy (non-hydrogen) atoms. The third kappa shape index (κ3) is 3.03. The molecule has 0 aromatic carbocycles. The maximum Gasteiger partial charge on any atom is 0.421 e. The summed E-state index contributed by atoms with van der Waals surface area (Å²) in [5.74, 6) is 4.79. The van der Waals surface area contributed by atoms with Crippen molar-refractivity contribution in [3.63, 3.8) is 0 Å². The SMILES string of the molecule is O=c1[nH]cc(C#CCCl)cc1C(F)(F)F. The lowest BCUT2D eigenvalue weighted by Crippen LogP contribution is -2.21. The van der Waals surface area contributed by atoms with Crippen LogP contribution in [0.15, 0.2) is 17.1 Å². The van der Waals surface area contributed by atoms with Crippen LogP contribution in [0.1, 0.15) is 11.1 Å². The van der Waals surface area contributed by atoms with Crippen molar-refractivity contribution >= 4 is 11.6 Å². The van der Waals surface area contributed by atoms with E-state index in [9.17, 15) is 18.0 Å². The zero-order chi connectivity index (χ0) is 11.5. The predicted molar refractivity (Wildman–Crippen MR) is 49.7 cm³/mol. The van der Waals surface area contributed by atoms with Gasteiger partial charge in [0.15, 0.2) is 0 Å². The van der Waals surface area contributed by atoms with Crippen LogP contribution < -0.4 is 5.56 Å². The van der Waals surface area contributed by atoms with Crippen LogP contribution in [0.5, 0.6) is 0 Å². The van der Waals surface area contributed by atoms with Gasteiger partial charge in [-0.05, 0) is 6.07 Å². The lowest BCUT2D eigenvalue weighted by atomic mass is 10.2. The summed E-state index contributed by atoms with van der Waals surface area (Å²) in [7, 11) is 0. The van der Waals surface area contributed by atoms with Gasteiger partial charge < -0.3 is 4.98 Å². The quantitative estimate of drug-likeness (QED) is 0.541. The van der Waals surface area contributed by atoms with Gasteiger partial charge in [-0.3, -0.25) is 4.79 Å². The number of hydrogen-bond acceptors (Lipinski definition) is 1. The Balaban J connectivity index is 3.23. The minimum atomic E-state index is -4.67. The van der Waals surface area contributed by atoms with Crippen molar-refractivity contribution in [2.24, 2.45) is 0 Å². The zero-order valence-corrected chi connectivity index (χ0v) is 8.04. The molecule has 0 amide bonds. The number of pyridine rings is 1. The van der Waals surface area contributed by atoms with E-state index in [0.29, 0.717) is 6.07 Å². The number of alkyl halides is 4. The summed E-state index contributed by atoms with van der Waals surface area (Å²) < 4.78 is 36.8. The summed E-state index contributed by atoms with van der Waals surface area (Å²) in [5, 5.41) is 0. The Labute approximate surface area is 88.1 Å². The van der Waals surface area contributed by atoms with E-state index in [1.807, 2.05) is 4.98 Å². The lowest BCUT2D eigenvalue weighted by Gasteiger charge is -2.04. The fourth-order valence-electron chi connectivity index (χ4n) is 0.902. The van der Waals surface area contributed by atoms with Gasteiger partial charge in [0.05, 0.1) is 5.88 Å². The maximum atomic E-state index is 12.3. The molecule has 0 radical (unpaired) electrons. The molecule has 0 fully saturated rings. The minimum Gasteiger partial charge on any atom is -0.327 e. The Hall–Kier alpha value is -1.41. The zero-order valence-electron chi connectivity index (χ0n) is 7.28. The van der Waals surface area contributed by atoms with Gasteiger partial charge in [-0.15, -0.1) is 11.6 Å². The molecule has 0 saturated heterocycles. The van der Waals surface area contributed by atoms with Crippen molar-refractivity contribution in [3.05, 3.63) is 33.7 Å². The Bertz CT molecular complexity index is 467. The molecule has 0 saturated carbocycles. The first kappa shape index (κ1) is 11.7. The van der Waals surface area contributed by atoms with Crippen molar-refractivity contribution in [1.82, 2.24) is 4.98 Å². The molecule has 1 aromatic rings. The van der Waals surface area contributed by atoms with Crippen LogP contribution in [0.25, 0.3) is 0 Å². The molecule has 2 nitrogen and oxygen atoms in total. The van der Waals surface area contributed by atoms with Crippen molar-refractivity contribution in [1.29, 1.82) is 0 Å². The first-order valence-electron chi connectivity index (χ1n) is 3.80. The second-order valence-corrected chi connectivity index (χ2v) is 2.83. The average molecular weight is 236 g/mol. The Kier molecular flexibility index (Phi) is 3.43. The molecular weight excluding hydrogens is 231 g/mol. The van der Waals surface area contributed by atoms with E-state index in [1.165, 1.54) is 0 Å². The Morgan fingerprint density at radius 1 is 1.47 bits per heavy atom. The van der Waals surface area contributed by atoms with Crippen LogP contribution in [-0.2, 0) is 6.18 Å². The van der Waals surface area contributed by atoms with Crippen molar-refractivity contribution in [3.8, 4) is 11.8 Å². The highest BCUT2D eigenvalue weighted by molar-refractivity contribution is 6.19. The van der Waals surface area contributed by atoms with E-state index in [2.05, 4.69) is 11.8 Å². The van der Waals surface area contributed by atoms with Gasteiger partial charge in [-0.25, -0.2) is 0 Å². The maximum absolute atomic E-state index is 12.3. The molecular formula is C9H5ClF3NO. The fraction of sp³-hybridized carbons (Fsp3) is 0.222. The molecule has 1 rings (SSSR count). The normalized spacial score (nSPS) is 10.7. The number of H-pyrrole nitrogens is 1. The average Bonchev–Trinajstić information content (AvgIpc) is 2.15. The second-order valence-electron chi connectivity index (χ2n) is 2.56. The highest BCUT2D eigenvalue weighted by atomic mass is 35.5. The molecule has 0 atom stereocenters. The molecule has 1 heterocycles. The van der Waals surface area contributed by atoms with Crippen LogP contribution in [0.3, 0.4) is 0 Å². The van der Waals surface area contributed by atoms with E-state index < -0.39 is 17.3 Å². The summed E-state index contributed by atoms with van der Waals surface area (Å²) in [6.07, 6.45) is -3.57. The number of rotatable bonds is 0. The highest BCUT2D eigenvalue weighted by Crippen LogP contribution is 2.26. The highest BCUT2D eigenvalue weighted by Gasteiger charge is 2.33. The van der Waals surface area contributed by atoms with E-state index in [-0.39, 0.29) is 11.4 Å². The molecule has 6 heteroatoms. The first-order chi connectivity index (χ1) is 6.95. The van der Waals surface area contributed by atoms with Crippen molar-refractivity contribution in [2.75, 3.05) is 5.88 Å². The van der Waals surface area contributed by atoms with Gasteiger partial charge in [0, 0.05) is 11.8 Å². The minimum absolute atomic E-state index is 0.0144. The van der Waals surface area contributed by atoms with E-state index in [4.69, 9.17) is 11.6 Å². The monoisotopic (exact) mass is 235 g/mol. The molecule has 80 valence electrons. The molecule has 0 spiro atoms. The third-order valence-corrected chi connectivity index (χ3v) is 1.64. The predicted octanol–water partition coefficient (Wildman–Crippen LogP) is 1.98. The number of nitrogens with one attached hydrogen (secondary N) is 1. The summed E-state index contributed by atoms with van der Waals surface area (Å²) in [4.78, 5) is 12.8. The summed E-state index contributed by atoms with van der Waals surface area (Å²) in [6, 6.07) is 0.693. The topological polar surface area (TPSA) is 32.9 Å². The van der Waals surface area contributed by atoms with Crippen LogP contribution in [-0.4, -0.2) is 10.9 Å². The van der Waals surface area contributed by atoms with E-state index >= 15 is 0 Å². The van der Waals surface area contributed by atoms with Gasteiger partial charge in [0.1, 0.15) is 5.56 Å². The first-order valence-corrected chi connectivity index (χ1v) is 4.33. The van der Waals surface area contributed by atoms with Gasteiger partial charge >= 0.3 is 6.18 Å². The van der Waals surface area contributed by atoms with Gasteiger partial charge in [0.2, 0.25) is 0 Å². The van der Waals surface area contributed by atoms with E-state index in [1.54, 1.807) is 0 Å². The van der Waals surface area contributed by atoms with Gasteiger partial charge in [0.25, 0.3) is 5.56 Å².